The Morgan fingerprint density at radius 3 is 2.32 bits per heavy atom. The SMILES string of the molecule is CC(C)c1c(-c2ccncc2)[nH]c2ccc(C3CCN(C4CCN(C)CC4)CC3)cc12. The van der Waals surface area contributed by atoms with E-state index in [0.717, 1.165) is 6.04 Å². The molecule has 0 atom stereocenters. The largest absolute Gasteiger partial charge is 0.354 e. The number of likely N-dealkylation sites (tertiary alicyclic amines) is 2. The minimum Gasteiger partial charge on any atom is -0.354 e. The van der Waals surface area contributed by atoms with Gasteiger partial charge in [0.05, 0.1) is 5.69 Å². The van der Waals surface area contributed by atoms with Crippen LogP contribution in [0.2, 0.25) is 0 Å². The highest BCUT2D eigenvalue weighted by Gasteiger charge is 2.28. The molecule has 1 N–H and O–H groups in total. The third kappa shape index (κ3) is 4.16. The fourth-order valence-corrected chi connectivity index (χ4v) is 5.79. The standard InChI is InChI=1S/C27H36N4/c1-19(2)26-24-18-22(4-5-25(24)29-27(26)21-6-12-28-13-7-21)20-8-16-31(17-9-20)23-10-14-30(3)15-11-23/h4-7,12-13,18-20,23,29H,8-11,14-17H2,1-3H3. The molecular weight excluding hydrogens is 380 g/mol. The molecule has 0 unspecified atom stereocenters. The molecule has 2 fully saturated rings. The van der Waals surface area contributed by atoms with Gasteiger partial charge in [0.1, 0.15) is 0 Å². The van der Waals surface area contributed by atoms with Gasteiger partial charge in [-0.05, 0) is 106 Å². The highest BCUT2D eigenvalue weighted by atomic mass is 15.2. The summed E-state index contributed by atoms with van der Waals surface area (Å²) in [7, 11) is 2.26. The zero-order valence-electron chi connectivity index (χ0n) is 19.3. The Morgan fingerprint density at radius 1 is 0.935 bits per heavy atom. The number of pyridine rings is 1. The molecule has 3 aromatic rings. The summed E-state index contributed by atoms with van der Waals surface area (Å²) in [5.41, 5.74) is 6.69. The van der Waals surface area contributed by atoms with E-state index < -0.39 is 0 Å². The van der Waals surface area contributed by atoms with Gasteiger partial charge in [-0.25, -0.2) is 0 Å². The Hall–Kier alpha value is -2.17. The van der Waals surface area contributed by atoms with E-state index in [-0.39, 0.29) is 0 Å². The second kappa shape index (κ2) is 8.76. The second-order valence-corrected chi connectivity index (χ2v) is 9.95. The van der Waals surface area contributed by atoms with E-state index in [1.807, 2.05) is 12.4 Å². The predicted molar refractivity (Wildman–Crippen MR) is 130 cm³/mol. The summed E-state index contributed by atoms with van der Waals surface area (Å²) in [4.78, 5) is 13.2. The number of hydrogen-bond donors (Lipinski definition) is 1. The first-order valence-corrected chi connectivity index (χ1v) is 12.1. The van der Waals surface area contributed by atoms with Gasteiger partial charge in [0.15, 0.2) is 0 Å². The second-order valence-electron chi connectivity index (χ2n) is 9.95. The summed E-state index contributed by atoms with van der Waals surface area (Å²) in [6.45, 7) is 9.63. The molecule has 0 radical (unpaired) electrons. The van der Waals surface area contributed by atoms with E-state index in [2.05, 4.69) is 71.0 Å². The van der Waals surface area contributed by atoms with Crippen LogP contribution in [-0.4, -0.2) is 59.0 Å². The fraction of sp³-hybridized carbons (Fsp3) is 0.519. The summed E-state index contributed by atoms with van der Waals surface area (Å²) < 4.78 is 0. The highest BCUT2D eigenvalue weighted by molar-refractivity contribution is 5.91. The number of nitrogens with zero attached hydrogens (tertiary/aromatic N) is 3. The van der Waals surface area contributed by atoms with Gasteiger partial charge in [-0.3, -0.25) is 4.98 Å². The van der Waals surface area contributed by atoms with Crippen LogP contribution in [0, 0.1) is 0 Å². The van der Waals surface area contributed by atoms with Crippen molar-refractivity contribution in [1.29, 1.82) is 0 Å². The van der Waals surface area contributed by atoms with Crippen molar-refractivity contribution < 1.29 is 0 Å². The van der Waals surface area contributed by atoms with Crippen molar-refractivity contribution in [3.05, 3.63) is 53.9 Å². The van der Waals surface area contributed by atoms with E-state index in [1.165, 1.54) is 85.1 Å². The number of aromatic nitrogens is 2. The molecule has 2 aliphatic rings. The minimum absolute atomic E-state index is 0.471. The van der Waals surface area contributed by atoms with Crippen molar-refractivity contribution in [3.8, 4) is 11.3 Å². The smallest absolute Gasteiger partial charge is 0.0501 e. The van der Waals surface area contributed by atoms with Gasteiger partial charge >= 0.3 is 0 Å². The first kappa shape index (κ1) is 20.7. The average Bonchev–Trinajstić information content (AvgIpc) is 3.19. The van der Waals surface area contributed by atoms with Crippen molar-refractivity contribution in [2.45, 2.75) is 57.4 Å². The maximum Gasteiger partial charge on any atom is 0.0501 e. The van der Waals surface area contributed by atoms with Crippen LogP contribution < -0.4 is 0 Å². The number of hydrogen-bond acceptors (Lipinski definition) is 3. The lowest BCUT2D eigenvalue weighted by Crippen LogP contribution is -2.46. The number of nitrogens with one attached hydrogen (secondary N) is 1. The third-order valence-corrected chi connectivity index (χ3v) is 7.61. The molecule has 31 heavy (non-hydrogen) atoms. The van der Waals surface area contributed by atoms with Crippen LogP contribution in [0.5, 0.6) is 0 Å². The van der Waals surface area contributed by atoms with E-state index in [1.54, 1.807) is 0 Å². The molecule has 4 heteroatoms. The molecule has 1 aromatic carbocycles. The van der Waals surface area contributed by atoms with Gasteiger partial charge in [0.2, 0.25) is 0 Å². The van der Waals surface area contributed by atoms with Crippen LogP contribution in [0.25, 0.3) is 22.2 Å². The van der Waals surface area contributed by atoms with Gasteiger partial charge < -0.3 is 14.8 Å². The molecule has 2 aliphatic heterocycles. The van der Waals surface area contributed by atoms with Crippen LogP contribution >= 0.6 is 0 Å². The lowest BCUT2D eigenvalue weighted by Gasteiger charge is -2.41. The Balaban J connectivity index is 1.37. The zero-order valence-corrected chi connectivity index (χ0v) is 19.3. The van der Waals surface area contributed by atoms with Crippen LogP contribution in [0.4, 0.5) is 0 Å². The lowest BCUT2D eigenvalue weighted by molar-refractivity contribution is 0.0966. The van der Waals surface area contributed by atoms with E-state index in [4.69, 9.17) is 0 Å². The van der Waals surface area contributed by atoms with E-state index >= 15 is 0 Å². The third-order valence-electron chi connectivity index (χ3n) is 7.61. The van der Waals surface area contributed by atoms with Gasteiger partial charge in [-0.1, -0.05) is 19.9 Å². The topological polar surface area (TPSA) is 35.2 Å². The normalized spacial score (nSPS) is 20.1. The van der Waals surface area contributed by atoms with Crippen molar-refractivity contribution in [2.24, 2.45) is 0 Å². The monoisotopic (exact) mass is 416 g/mol. The van der Waals surface area contributed by atoms with Gasteiger partial charge in [-0.2, -0.15) is 0 Å². The van der Waals surface area contributed by atoms with Crippen molar-refractivity contribution in [2.75, 3.05) is 33.2 Å². The molecule has 4 heterocycles. The number of aromatic amines is 1. The zero-order chi connectivity index (χ0) is 21.4. The summed E-state index contributed by atoms with van der Waals surface area (Å²) >= 11 is 0. The Morgan fingerprint density at radius 2 is 1.65 bits per heavy atom. The average molecular weight is 417 g/mol. The number of rotatable bonds is 4. The van der Waals surface area contributed by atoms with E-state index in [9.17, 15) is 0 Å². The number of benzene rings is 1. The number of piperidine rings is 2. The maximum absolute atomic E-state index is 4.20. The number of fused-ring (bicyclic) bond motifs is 1. The summed E-state index contributed by atoms with van der Waals surface area (Å²) in [6, 6.07) is 12.2. The van der Waals surface area contributed by atoms with Crippen LogP contribution in [-0.2, 0) is 0 Å². The first-order valence-electron chi connectivity index (χ1n) is 12.1. The van der Waals surface area contributed by atoms with Crippen molar-refractivity contribution in [3.63, 3.8) is 0 Å². The molecule has 5 rings (SSSR count). The van der Waals surface area contributed by atoms with Gasteiger partial charge in [0.25, 0.3) is 0 Å². The first-order chi connectivity index (χ1) is 15.1. The quantitative estimate of drug-likeness (QED) is 0.599. The molecule has 4 nitrogen and oxygen atoms in total. The lowest BCUT2D eigenvalue weighted by atomic mass is 9.86. The molecule has 0 spiro atoms. The predicted octanol–water partition coefficient (Wildman–Crippen LogP) is 5.63. The highest BCUT2D eigenvalue weighted by Crippen LogP contribution is 2.38. The molecule has 164 valence electrons. The van der Waals surface area contributed by atoms with E-state index in [0.29, 0.717) is 11.8 Å². The van der Waals surface area contributed by atoms with Gasteiger partial charge in [-0.15, -0.1) is 0 Å². The molecule has 0 bridgehead atoms. The Labute approximate surface area is 186 Å². The van der Waals surface area contributed by atoms with Crippen LogP contribution in [0.1, 0.15) is 62.5 Å². The van der Waals surface area contributed by atoms with Gasteiger partial charge in [0, 0.05) is 34.9 Å². The maximum atomic E-state index is 4.20. The Bertz CT molecular complexity index is 1010. The minimum atomic E-state index is 0.471. The van der Waals surface area contributed by atoms with Crippen LogP contribution in [0.15, 0.2) is 42.7 Å². The van der Waals surface area contributed by atoms with Crippen molar-refractivity contribution >= 4 is 10.9 Å². The number of H-pyrrole nitrogens is 1. The fourth-order valence-electron chi connectivity index (χ4n) is 5.79. The molecule has 2 aromatic heterocycles. The molecular formula is C27H36N4. The summed E-state index contributed by atoms with van der Waals surface area (Å²) in [6.07, 6.45) is 9.02. The molecule has 0 amide bonds. The summed E-state index contributed by atoms with van der Waals surface area (Å²) in [5, 5.41) is 1.40. The molecule has 2 saturated heterocycles. The summed E-state index contributed by atoms with van der Waals surface area (Å²) in [5.74, 6) is 1.16. The van der Waals surface area contributed by atoms with Crippen LogP contribution in [0.3, 0.4) is 0 Å². The molecule has 0 aliphatic carbocycles. The van der Waals surface area contributed by atoms with Crippen molar-refractivity contribution in [1.82, 2.24) is 19.8 Å². The molecule has 0 saturated carbocycles. The Kier molecular flexibility index (Phi) is 5.85.